The first kappa shape index (κ1) is 13.7. The van der Waals surface area contributed by atoms with Crippen LogP contribution in [0.2, 0.25) is 0 Å². The van der Waals surface area contributed by atoms with Gasteiger partial charge >= 0.3 is 0 Å². The van der Waals surface area contributed by atoms with E-state index in [1.807, 2.05) is 41.1 Å². The number of carbonyl (C=O) groups excluding carboxylic acids is 1. The summed E-state index contributed by atoms with van der Waals surface area (Å²) in [6, 6.07) is 9.79. The molecule has 0 saturated carbocycles. The molecule has 0 aliphatic carbocycles. The van der Waals surface area contributed by atoms with Gasteiger partial charge in [-0.1, -0.05) is 23.5 Å². The van der Waals surface area contributed by atoms with Crippen molar-refractivity contribution in [1.82, 2.24) is 10.4 Å². The maximum atomic E-state index is 11.7. The molecule has 0 saturated heterocycles. The Labute approximate surface area is 129 Å². The molecule has 106 valence electrons. The number of thiazole rings is 1. The van der Waals surface area contributed by atoms with Crippen molar-refractivity contribution < 1.29 is 4.79 Å². The maximum Gasteiger partial charge on any atom is 0.259 e. The van der Waals surface area contributed by atoms with E-state index in [4.69, 9.17) is 0 Å². The van der Waals surface area contributed by atoms with Crippen molar-refractivity contribution in [2.45, 2.75) is 0 Å². The second kappa shape index (κ2) is 6.47. The van der Waals surface area contributed by atoms with Crippen molar-refractivity contribution in [1.29, 1.82) is 0 Å². The van der Waals surface area contributed by atoms with Crippen LogP contribution in [0.5, 0.6) is 0 Å². The number of nitrogens with one attached hydrogen (secondary N) is 2. The van der Waals surface area contributed by atoms with E-state index >= 15 is 0 Å². The zero-order valence-electron chi connectivity index (χ0n) is 10.9. The molecule has 1 amide bonds. The lowest BCUT2D eigenvalue weighted by molar-refractivity contribution is -0.119. The Balaban J connectivity index is 1.51. The van der Waals surface area contributed by atoms with Gasteiger partial charge in [-0.05, 0) is 29.0 Å². The second-order valence-corrected chi connectivity index (χ2v) is 6.00. The highest BCUT2D eigenvalue weighted by atomic mass is 32.1. The van der Waals surface area contributed by atoms with Crippen LogP contribution in [0.15, 0.2) is 46.2 Å². The van der Waals surface area contributed by atoms with Gasteiger partial charge in [-0.15, -0.1) is 0 Å². The van der Waals surface area contributed by atoms with Crippen LogP contribution in [0.1, 0.15) is 5.56 Å². The lowest BCUT2D eigenvalue weighted by Crippen LogP contribution is -2.25. The fourth-order valence-corrected chi connectivity index (χ4v) is 3.14. The van der Waals surface area contributed by atoms with Crippen molar-refractivity contribution in [2.75, 3.05) is 11.9 Å². The van der Waals surface area contributed by atoms with Crippen molar-refractivity contribution in [3.63, 3.8) is 0 Å². The number of carbonyl (C=O) groups is 1. The largest absolute Gasteiger partial charge is 0.352 e. The first-order valence-electron chi connectivity index (χ1n) is 6.25. The van der Waals surface area contributed by atoms with E-state index in [-0.39, 0.29) is 12.5 Å². The topological polar surface area (TPSA) is 66.4 Å². The number of hydrazone groups is 1. The molecule has 21 heavy (non-hydrogen) atoms. The molecular formula is C14H12N4OS2. The van der Waals surface area contributed by atoms with Crippen LogP contribution in [0, 0.1) is 0 Å². The number of nitrogens with zero attached hydrogens (tertiary/aromatic N) is 2. The van der Waals surface area contributed by atoms with Gasteiger partial charge in [0.05, 0.1) is 23.0 Å². The van der Waals surface area contributed by atoms with Gasteiger partial charge in [0.15, 0.2) is 5.13 Å². The van der Waals surface area contributed by atoms with E-state index in [1.165, 1.54) is 11.3 Å². The highest BCUT2D eigenvalue weighted by Gasteiger charge is 2.04. The van der Waals surface area contributed by atoms with Crippen LogP contribution < -0.4 is 10.7 Å². The van der Waals surface area contributed by atoms with Gasteiger partial charge in [0.2, 0.25) is 0 Å². The molecule has 0 bridgehead atoms. The van der Waals surface area contributed by atoms with Crippen LogP contribution in [-0.2, 0) is 4.79 Å². The van der Waals surface area contributed by atoms with Gasteiger partial charge < -0.3 is 5.32 Å². The summed E-state index contributed by atoms with van der Waals surface area (Å²) in [5.74, 6) is -0.208. The molecule has 0 atom stereocenters. The summed E-state index contributed by atoms with van der Waals surface area (Å²) in [6.07, 6.45) is 1.62. The van der Waals surface area contributed by atoms with E-state index in [0.717, 1.165) is 20.9 Å². The second-order valence-electron chi connectivity index (χ2n) is 4.19. The maximum absolute atomic E-state index is 11.7. The van der Waals surface area contributed by atoms with Gasteiger partial charge in [-0.25, -0.2) is 10.4 Å². The molecule has 3 aromatic rings. The Morgan fingerprint density at radius 3 is 3.05 bits per heavy atom. The minimum Gasteiger partial charge on any atom is -0.352 e. The molecule has 0 unspecified atom stereocenters. The predicted octanol–water partition coefficient (Wildman–Crippen LogP) is 2.92. The van der Waals surface area contributed by atoms with Crippen LogP contribution >= 0.6 is 22.7 Å². The molecular weight excluding hydrogens is 304 g/mol. The van der Waals surface area contributed by atoms with Crippen molar-refractivity contribution in [2.24, 2.45) is 5.10 Å². The van der Waals surface area contributed by atoms with Crippen molar-refractivity contribution in [3.8, 4) is 0 Å². The lowest BCUT2D eigenvalue weighted by atomic mass is 10.3. The normalized spacial score (nSPS) is 11.0. The number of thiophene rings is 1. The van der Waals surface area contributed by atoms with Crippen LogP contribution in [0.3, 0.4) is 0 Å². The number of hydrogen-bond donors (Lipinski definition) is 2. The SMILES string of the molecule is O=C(CNc1nc2ccccc2s1)N/N=C\c1ccsc1. The van der Waals surface area contributed by atoms with Crippen LogP contribution in [0.4, 0.5) is 5.13 Å². The van der Waals surface area contributed by atoms with E-state index in [0.29, 0.717) is 0 Å². The smallest absolute Gasteiger partial charge is 0.259 e. The Hall–Kier alpha value is -2.25. The highest BCUT2D eigenvalue weighted by Crippen LogP contribution is 2.24. The summed E-state index contributed by atoms with van der Waals surface area (Å²) in [4.78, 5) is 16.0. The van der Waals surface area contributed by atoms with E-state index in [1.54, 1.807) is 17.6 Å². The quantitative estimate of drug-likeness (QED) is 0.562. The van der Waals surface area contributed by atoms with Gasteiger partial charge in [0.25, 0.3) is 5.91 Å². The fourth-order valence-electron chi connectivity index (χ4n) is 1.67. The first-order valence-corrected chi connectivity index (χ1v) is 8.01. The molecule has 0 spiro atoms. The molecule has 3 rings (SSSR count). The van der Waals surface area contributed by atoms with Gasteiger partial charge in [-0.3, -0.25) is 4.79 Å². The highest BCUT2D eigenvalue weighted by molar-refractivity contribution is 7.22. The predicted molar refractivity (Wildman–Crippen MR) is 88.2 cm³/mol. The van der Waals surface area contributed by atoms with E-state index in [9.17, 15) is 4.79 Å². The molecule has 0 aliphatic rings. The third kappa shape index (κ3) is 3.65. The Morgan fingerprint density at radius 1 is 1.33 bits per heavy atom. The number of aromatic nitrogens is 1. The summed E-state index contributed by atoms with van der Waals surface area (Å²) in [5, 5.41) is 11.5. The molecule has 0 aliphatic heterocycles. The minimum atomic E-state index is -0.208. The zero-order chi connectivity index (χ0) is 14.5. The summed E-state index contributed by atoms with van der Waals surface area (Å²) >= 11 is 3.11. The number of fused-ring (bicyclic) bond motifs is 1. The Kier molecular flexibility index (Phi) is 4.23. The average molecular weight is 316 g/mol. The molecule has 2 heterocycles. The van der Waals surface area contributed by atoms with E-state index < -0.39 is 0 Å². The third-order valence-corrected chi connectivity index (χ3v) is 4.34. The molecule has 7 heteroatoms. The van der Waals surface area contributed by atoms with Crippen LogP contribution in [0.25, 0.3) is 10.2 Å². The summed E-state index contributed by atoms with van der Waals surface area (Å²) in [5.41, 5.74) is 4.38. The number of para-hydroxylation sites is 1. The molecule has 2 N–H and O–H groups in total. The number of rotatable bonds is 5. The standard InChI is InChI=1S/C14H12N4OS2/c19-13(18-16-7-10-5-6-20-9-10)8-15-14-17-11-3-1-2-4-12(11)21-14/h1-7,9H,8H2,(H,15,17)(H,18,19)/b16-7-. The fraction of sp³-hybridized carbons (Fsp3) is 0.0714. The molecule has 0 radical (unpaired) electrons. The third-order valence-electron chi connectivity index (χ3n) is 2.64. The van der Waals surface area contributed by atoms with E-state index in [2.05, 4.69) is 20.8 Å². The monoisotopic (exact) mass is 316 g/mol. The number of amides is 1. The lowest BCUT2D eigenvalue weighted by Gasteiger charge is -2.00. The molecule has 1 aromatic carbocycles. The van der Waals surface area contributed by atoms with Crippen LogP contribution in [-0.4, -0.2) is 23.7 Å². The van der Waals surface area contributed by atoms with Crippen molar-refractivity contribution in [3.05, 3.63) is 46.7 Å². The molecule has 5 nitrogen and oxygen atoms in total. The van der Waals surface area contributed by atoms with Gasteiger partial charge in [0, 0.05) is 5.56 Å². The summed E-state index contributed by atoms with van der Waals surface area (Å²) < 4.78 is 1.09. The van der Waals surface area contributed by atoms with Crippen molar-refractivity contribution >= 4 is 50.1 Å². The number of benzene rings is 1. The average Bonchev–Trinajstić information content (AvgIpc) is 3.13. The first-order chi connectivity index (χ1) is 10.3. The number of hydrogen-bond acceptors (Lipinski definition) is 6. The minimum absolute atomic E-state index is 0.140. The molecule has 0 fully saturated rings. The van der Waals surface area contributed by atoms with Gasteiger partial charge in [0.1, 0.15) is 0 Å². The Morgan fingerprint density at radius 2 is 2.24 bits per heavy atom. The summed E-state index contributed by atoms with van der Waals surface area (Å²) in [6.45, 7) is 0.140. The Bertz CT molecular complexity index is 731. The number of anilines is 1. The molecule has 2 aromatic heterocycles. The summed E-state index contributed by atoms with van der Waals surface area (Å²) in [7, 11) is 0. The zero-order valence-corrected chi connectivity index (χ0v) is 12.6. The van der Waals surface area contributed by atoms with Gasteiger partial charge in [-0.2, -0.15) is 16.4 Å².